The lowest BCUT2D eigenvalue weighted by Crippen LogP contribution is -2.51. The number of benzene rings is 3. The highest BCUT2D eigenvalue weighted by Gasteiger charge is 2.64. The molecule has 6 aliphatic carbocycles. The summed E-state index contributed by atoms with van der Waals surface area (Å²) in [6, 6.07) is 22.9. The van der Waals surface area contributed by atoms with Crippen molar-refractivity contribution in [1.82, 2.24) is 4.57 Å². The predicted octanol–water partition coefficient (Wildman–Crippen LogP) is 12.7. The van der Waals surface area contributed by atoms with E-state index in [1.54, 1.807) is 11.1 Å². The third kappa shape index (κ3) is 3.78. The van der Waals surface area contributed by atoms with E-state index < -0.39 is 0 Å². The molecule has 3 heterocycles. The van der Waals surface area contributed by atoms with Gasteiger partial charge in [0.25, 0.3) is 0 Å². The molecule has 0 saturated carbocycles. The monoisotopic (exact) mass is 707 g/mol. The van der Waals surface area contributed by atoms with Gasteiger partial charge in [0.2, 0.25) is 0 Å². The van der Waals surface area contributed by atoms with Crippen LogP contribution in [0.1, 0.15) is 69.4 Å². The van der Waals surface area contributed by atoms with Crippen molar-refractivity contribution in [3.05, 3.63) is 160 Å². The molecule has 8 aliphatic rings. The Bertz CT molecular complexity index is 2570. The number of nitrogens with zero attached hydrogens (tertiary/aromatic N) is 1. The summed E-state index contributed by atoms with van der Waals surface area (Å²) in [5, 5.41) is 3.93. The van der Waals surface area contributed by atoms with Crippen LogP contribution in [-0.2, 0) is 5.41 Å². The summed E-state index contributed by atoms with van der Waals surface area (Å²) in [7, 11) is 0. The summed E-state index contributed by atoms with van der Waals surface area (Å²) in [6.07, 6.45) is 33.8. The molecule has 1 aromatic heterocycles. The third-order valence-corrected chi connectivity index (χ3v) is 16.5. The summed E-state index contributed by atoms with van der Waals surface area (Å²) in [6.45, 7) is 7.46. The Morgan fingerprint density at radius 2 is 1.75 bits per heavy atom. The molecule has 9 atom stereocenters. The maximum Gasteiger partial charge on any atom is 0.147 e. The second-order valence-electron chi connectivity index (χ2n) is 17.4. The standard InChI is InChI=1S/C50H45NOS/c1-30-13-12-17-35-34-16-6-7-18-38(34)50(44(30)35)39-19-8-9-20-41(39)52-47-40(50)26-25-37-36-24-22-31-14-4-5-15-33(31)45(36)51(46(37)47)32-23-27-43-48(2,29-32)42-21-10-11-28-49(42,3)53-43/h4-6,8-12,14-17,19-28,30,34,38,40,42,47H,7,13,18,29H2,1-3H3. The van der Waals surface area contributed by atoms with Crippen LogP contribution in [0.3, 0.4) is 0 Å². The summed E-state index contributed by atoms with van der Waals surface area (Å²) in [5.41, 5.74) is 9.95. The highest BCUT2D eigenvalue weighted by atomic mass is 32.2. The van der Waals surface area contributed by atoms with E-state index >= 15 is 0 Å². The fourth-order valence-electron chi connectivity index (χ4n) is 12.9. The first kappa shape index (κ1) is 30.9. The average Bonchev–Trinajstić information content (AvgIpc) is 3.77. The number of ether oxygens (including phenoxy) is 1. The van der Waals surface area contributed by atoms with Crippen LogP contribution < -0.4 is 4.74 Å². The van der Waals surface area contributed by atoms with Gasteiger partial charge in [-0.2, -0.15) is 0 Å². The van der Waals surface area contributed by atoms with Crippen LogP contribution in [0.15, 0.2) is 144 Å². The van der Waals surface area contributed by atoms with Crippen molar-refractivity contribution in [3.8, 4) is 5.75 Å². The molecule has 1 spiro atoms. The summed E-state index contributed by atoms with van der Waals surface area (Å²) >= 11 is 2.08. The summed E-state index contributed by atoms with van der Waals surface area (Å²) < 4.78 is 10.3. The van der Waals surface area contributed by atoms with Gasteiger partial charge in [0, 0.05) is 60.9 Å². The molecule has 2 nitrogen and oxygen atoms in total. The second kappa shape index (κ2) is 10.6. The van der Waals surface area contributed by atoms with E-state index in [4.69, 9.17) is 4.74 Å². The van der Waals surface area contributed by atoms with Crippen LogP contribution in [0, 0.1) is 35.0 Å². The lowest BCUT2D eigenvalue weighted by molar-refractivity contribution is 0.0482. The maximum absolute atomic E-state index is 7.53. The first-order valence-corrected chi connectivity index (χ1v) is 20.8. The second-order valence-corrected chi connectivity index (χ2v) is 19.0. The SMILES string of the molecule is CC1CC=CC2=C1C1(c3ccccc3OC3c4c(c5ccc6ccccc6c5n4C4=CC=C5SC6(C)C=CC=CC6C5(C)C4)C=CC31)C1CCC=CC21. The molecular formula is C50H45NOS. The van der Waals surface area contributed by atoms with Crippen molar-refractivity contribution < 1.29 is 4.74 Å². The summed E-state index contributed by atoms with van der Waals surface area (Å²) in [4.78, 5) is 1.51. The van der Waals surface area contributed by atoms with Crippen molar-refractivity contribution in [2.75, 3.05) is 0 Å². The van der Waals surface area contributed by atoms with Crippen molar-refractivity contribution in [1.29, 1.82) is 0 Å². The number of hydrogen-bond donors (Lipinski definition) is 0. The fourth-order valence-corrected chi connectivity index (χ4v) is 14.5. The molecule has 3 heteroatoms. The van der Waals surface area contributed by atoms with E-state index in [0.29, 0.717) is 23.7 Å². The minimum Gasteiger partial charge on any atom is -0.483 e. The van der Waals surface area contributed by atoms with Crippen molar-refractivity contribution in [2.24, 2.45) is 35.0 Å². The first-order valence-electron chi connectivity index (χ1n) is 20.0. The van der Waals surface area contributed by atoms with Crippen LogP contribution in [0.4, 0.5) is 0 Å². The Hall–Kier alpha value is -4.47. The van der Waals surface area contributed by atoms with E-state index in [1.807, 2.05) is 0 Å². The summed E-state index contributed by atoms with van der Waals surface area (Å²) in [5.74, 6) is 3.13. The van der Waals surface area contributed by atoms with Crippen molar-refractivity contribution in [3.63, 3.8) is 0 Å². The smallest absolute Gasteiger partial charge is 0.147 e. The molecule has 1 fully saturated rings. The zero-order chi connectivity index (χ0) is 35.3. The molecule has 4 aromatic rings. The van der Waals surface area contributed by atoms with Gasteiger partial charge in [0.05, 0.1) is 11.2 Å². The molecule has 0 radical (unpaired) electrons. The van der Waals surface area contributed by atoms with Gasteiger partial charge in [-0.15, -0.1) is 11.8 Å². The molecule has 0 N–H and O–H groups in total. The molecule has 12 rings (SSSR count). The average molecular weight is 708 g/mol. The number of aromatic nitrogens is 1. The van der Waals surface area contributed by atoms with E-state index in [1.165, 1.54) is 55.5 Å². The van der Waals surface area contributed by atoms with Gasteiger partial charge in [-0.25, -0.2) is 0 Å². The fraction of sp³-hybridized carbons (Fsp3) is 0.320. The Kier molecular flexibility index (Phi) is 6.19. The molecular weight excluding hydrogens is 663 g/mol. The zero-order valence-electron chi connectivity index (χ0n) is 30.8. The highest BCUT2D eigenvalue weighted by Crippen LogP contribution is 2.70. The molecule has 3 aromatic carbocycles. The topological polar surface area (TPSA) is 14.2 Å². The largest absolute Gasteiger partial charge is 0.483 e. The van der Waals surface area contributed by atoms with Crippen LogP contribution >= 0.6 is 11.8 Å². The normalized spacial score (nSPS) is 36.7. The van der Waals surface area contributed by atoms with E-state index in [-0.39, 0.29) is 27.6 Å². The quantitative estimate of drug-likeness (QED) is 0.183. The van der Waals surface area contributed by atoms with Gasteiger partial charge in [-0.05, 0) is 72.4 Å². The van der Waals surface area contributed by atoms with Gasteiger partial charge in [-0.3, -0.25) is 0 Å². The zero-order valence-corrected chi connectivity index (χ0v) is 31.6. The Morgan fingerprint density at radius 3 is 2.70 bits per heavy atom. The lowest BCUT2D eigenvalue weighted by Gasteiger charge is -2.54. The van der Waals surface area contributed by atoms with Gasteiger partial charge in [0.15, 0.2) is 0 Å². The number of hydrogen-bond acceptors (Lipinski definition) is 2. The number of para-hydroxylation sites is 1. The number of rotatable bonds is 1. The number of allylic oxidation sites excluding steroid dienone is 13. The van der Waals surface area contributed by atoms with Crippen molar-refractivity contribution >= 4 is 45.2 Å². The van der Waals surface area contributed by atoms with Crippen LogP contribution in [0.25, 0.3) is 33.4 Å². The highest BCUT2D eigenvalue weighted by molar-refractivity contribution is 8.04. The van der Waals surface area contributed by atoms with E-state index in [0.717, 1.165) is 25.0 Å². The molecule has 0 amide bonds. The maximum atomic E-state index is 7.53. The molecule has 1 saturated heterocycles. The minimum atomic E-state index is -0.130. The number of thioether (sulfide) groups is 1. The van der Waals surface area contributed by atoms with Crippen LogP contribution in [0.2, 0.25) is 0 Å². The molecule has 2 aliphatic heterocycles. The Labute approximate surface area is 317 Å². The Morgan fingerprint density at radius 1 is 0.868 bits per heavy atom. The van der Waals surface area contributed by atoms with Gasteiger partial charge in [-0.1, -0.05) is 141 Å². The predicted molar refractivity (Wildman–Crippen MR) is 222 cm³/mol. The van der Waals surface area contributed by atoms with Crippen molar-refractivity contribution in [2.45, 2.75) is 62.7 Å². The van der Waals surface area contributed by atoms with E-state index in [2.05, 4.69) is 171 Å². The van der Waals surface area contributed by atoms with Crippen LogP contribution in [0.5, 0.6) is 5.75 Å². The van der Waals surface area contributed by atoms with Gasteiger partial charge in [0.1, 0.15) is 11.9 Å². The molecule has 262 valence electrons. The van der Waals surface area contributed by atoms with Crippen LogP contribution in [-0.4, -0.2) is 9.31 Å². The van der Waals surface area contributed by atoms with E-state index in [9.17, 15) is 0 Å². The third-order valence-electron chi connectivity index (χ3n) is 14.8. The number of fused-ring (bicyclic) bond motifs is 17. The minimum absolute atomic E-state index is 0.0145. The lowest BCUT2D eigenvalue weighted by atomic mass is 9.53. The Balaban J connectivity index is 1.13. The van der Waals surface area contributed by atoms with Gasteiger partial charge < -0.3 is 9.30 Å². The first-order chi connectivity index (χ1) is 25.9. The molecule has 53 heavy (non-hydrogen) atoms. The molecule has 9 unspecified atom stereocenters. The molecule has 0 bridgehead atoms. The van der Waals surface area contributed by atoms with Gasteiger partial charge >= 0.3 is 0 Å².